The van der Waals surface area contributed by atoms with Gasteiger partial charge in [0.2, 0.25) is 0 Å². The van der Waals surface area contributed by atoms with Crippen LogP contribution in [0.25, 0.3) is 0 Å². The van der Waals surface area contributed by atoms with Crippen LogP contribution < -0.4 is 0 Å². The van der Waals surface area contributed by atoms with Crippen molar-refractivity contribution in [2.45, 2.75) is 38.8 Å². The smallest absolute Gasteiger partial charge is 0.0614 e. The molecule has 78 valence electrons. The highest BCUT2D eigenvalue weighted by atomic mass is 16.3. The minimum absolute atomic E-state index is 0.0352. The van der Waals surface area contributed by atoms with Crippen LogP contribution in [0.2, 0.25) is 0 Å². The van der Waals surface area contributed by atoms with Crippen molar-refractivity contribution in [1.82, 2.24) is 4.90 Å². The molecule has 0 saturated carbocycles. The second-order valence-electron chi connectivity index (χ2n) is 4.92. The number of piperidine rings is 1. The largest absolute Gasteiger partial charge is 0.396 e. The predicted octanol–water partition coefficient (Wildman–Crippen LogP) is 0.460. The molecule has 1 aliphatic rings. The zero-order valence-corrected chi connectivity index (χ0v) is 8.82. The lowest BCUT2D eigenvalue weighted by Gasteiger charge is -2.43. The molecule has 0 radical (unpaired) electrons. The van der Waals surface area contributed by atoms with E-state index < -0.39 is 0 Å². The van der Waals surface area contributed by atoms with E-state index in [0.29, 0.717) is 0 Å². The molecular weight excluding hydrogens is 166 g/mol. The van der Waals surface area contributed by atoms with Crippen molar-refractivity contribution in [2.75, 3.05) is 19.7 Å². The zero-order valence-electron chi connectivity index (χ0n) is 8.82. The molecule has 0 aromatic heterocycles. The van der Waals surface area contributed by atoms with Crippen molar-refractivity contribution in [1.29, 1.82) is 0 Å². The topological polar surface area (TPSA) is 43.7 Å². The van der Waals surface area contributed by atoms with Gasteiger partial charge in [-0.3, -0.25) is 4.90 Å². The lowest BCUT2D eigenvalue weighted by molar-refractivity contribution is -0.0277. The summed E-state index contributed by atoms with van der Waals surface area (Å²) in [6.07, 6.45) is 0.464. The summed E-state index contributed by atoms with van der Waals surface area (Å²) in [7, 11) is 0. The summed E-state index contributed by atoms with van der Waals surface area (Å²) >= 11 is 0. The van der Waals surface area contributed by atoms with Gasteiger partial charge < -0.3 is 10.2 Å². The minimum Gasteiger partial charge on any atom is -0.396 e. The summed E-state index contributed by atoms with van der Waals surface area (Å²) < 4.78 is 0. The SMILES string of the molecule is CC(C)(C)N1CCC(O)C(CO)C1. The molecule has 1 saturated heterocycles. The number of rotatable bonds is 1. The second kappa shape index (κ2) is 3.95. The molecule has 0 aliphatic carbocycles. The Morgan fingerprint density at radius 1 is 1.38 bits per heavy atom. The molecule has 0 aromatic rings. The van der Waals surface area contributed by atoms with Gasteiger partial charge in [-0.1, -0.05) is 0 Å². The highest BCUT2D eigenvalue weighted by molar-refractivity contribution is 4.86. The maximum atomic E-state index is 9.57. The molecule has 0 bridgehead atoms. The van der Waals surface area contributed by atoms with E-state index in [1.165, 1.54) is 0 Å². The van der Waals surface area contributed by atoms with Gasteiger partial charge in [0.1, 0.15) is 0 Å². The van der Waals surface area contributed by atoms with Gasteiger partial charge in [0, 0.05) is 31.2 Å². The molecule has 2 N–H and O–H groups in total. The van der Waals surface area contributed by atoms with Crippen LogP contribution >= 0.6 is 0 Å². The average Bonchev–Trinajstić information content (AvgIpc) is 2.03. The number of hydrogen-bond donors (Lipinski definition) is 2. The maximum Gasteiger partial charge on any atom is 0.0614 e. The Bertz CT molecular complexity index is 165. The van der Waals surface area contributed by atoms with Crippen LogP contribution in [-0.4, -0.2) is 46.5 Å². The third-order valence-corrected chi connectivity index (χ3v) is 2.88. The summed E-state index contributed by atoms with van der Waals surface area (Å²) in [5, 5.41) is 18.6. The molecule has 1 heterocycles. The summed E-state index contributed by atoms with van der Waals surface area (Å²) in [5.74, 6) is 0.0352. The molecule has 3 nitrogen and oxygen atoms in total. The maximum absolute atomic E-state index is 9.57. The van der Waals surface area contributed by atoms with Crippen molar-refractivity contribution >= 4 is 0 Å². The van der Waals surface area contributed by atoms with Crippen LogP contribution in [0.5, 0.6) is 0 Å². The average molecular weight is 187 g/mol. The van der Waals surface area contributed by atoms with Gasteiger partial charge in [0.25, 0.3) is 0 Å². The first-order chi connectivity index (χ1) is 5.95. The first-order valence-electron chi connectivity index (χ1n) is 4.99. The highest BCUT2D eigenvalue weighted by Gasteiger charge is 2.32. The molecule has 0 spiro atoms. The molecule has 2 atom stereocenters. The van der Waals surface area contributed by atoms with Gasteiger partial charge in [0.05, 0.1) is 6.10 Å². The fourth-order valence-electron chi connectivity index (χ4n) is 1.81. The number of aliphatic hydroxyl groups excluding tert-OH is 2. The van der Waals surface area contributed by atoms with E-state index in [0.717, 1.165) is 19.5 Å². The quantitative estimate of drug-likeness (QED) is 0.627. The Morgan fingerprint density at radius 2 is 2.00 bits per heavy atom. The van der Waals surface area contributed by atoms with Gasteiger partial charge in [-0.2, -0.15) is 0 Å². The third kappa shape index (κ3) is 2.66. The fourth-order valence-corrected chi connectivity index (χ4v) is 1.81. The van der Waals surface area contributed by atoms with Crippen molar-refractivity contribution in [2.24, 2.45) is 5.92 Å². The van der Waals surface area contributed by atoms with E-state index in [1.54, 1.807) is 0 Å². The van der Waals surface area contributed by atoms with E-state index >= 15 is 0 Å². The van der Waals surface area contributed by atoms with E-state index in [2.05, 4.69) is 25.7 Å². The van der Waals surface area contributed by atoms with E-state index in [1.807, 2.05) is 0 Å². The van der Waals surface area contributed by atoms with Crippen molar-refractivity contribution in [3.05, 3.63) is 0 Å². The second-order valence-corrected chi connectivity index (χ2v) is 4.92. The first-order valence-corrected chi connectivity index (χ1v) is 4.99. The van der Waals surface area contributed by atoms with Crippen molar-refractivity contribution in [3.63, 3.8) is 0 Å². The van der Waals surface area contributed by atoms with Crippen LogP contribution in [0.15, 0.2) is 0 Å². The lowest BCUT2D eigenvalue weighted by Crippen LogP contribution is -2.52. The van der Waals surface area contributed by atoms with Crippen LogP contribution in [0.3, 0.4) is 0 Å². The summed E-state index contributed by atoms with van der Waals surface area (Å²) in [6.45, 7) is 8.33. The predicted molar refractivity (Wildman–Crippen MR) is 52.5 cm³/mol. The number of nitrogens with zero attached hydrogens (tertiary/aromatic N) is 1. The fraction of sp³-hybridized carbons (Fsp3) is 1.00. The molecule has 0 amide bonds. The molecule has 1 aliphatic heterocycles. The Kier molecular flexibility index (Phi) is 3.33. The number of aliphatic hydroxyl groups is 2. The van der Waals surface area contributed by atoms with E-state index in [9.17, 15) is 5.11 Å². The van der Waals surface area contributed by atoms with Crippen LogP contribution in [0.1, 0.15) is 27.2 Å². The van der Waals surface area contributed by atoms with Crippen LogP contribution in [0.4, 0.5) is 0 Å². The highest BCUT2D eigenvalue weighted by Crippen LogP contribution is 2.23. The van der Waals surface area contributed by atoms with Gasteiger partial charge in [-0.05, 0) is 27.2 Å². The molecule has 13 heavy (non-hydrogen) atoms. The third-order valence-electron chi connectivity index (χ3n) is 2.88. The van der Waals surface area contributed by atoms with Gasteiger partial charge in [0.15, 0.2) is 0 Å². The Hall–Kier alpha value is -0.120. The molecule has 2 unspecified atom stereocenters. The Labute approximate surface area is 80.4 Å². The van der Waals surface area contributed by atoms with Crippen molar-refractivity contribution < 1.29 is 10.2 Å². The summed E-state index contributed by atoms with van der Waals surface area (Å²) in [6, 6.07) is 0. The van der Waals surface area contributed by atoms with Gasteiger partial charge in [-0.25, -0.2) is 0 Å². The van der Waals surface area contributed by atoms with Crippen LogP contribution in [-0.2, 0) is 0 Å². The molecule has 3 heteroatoms. The number of hydrogen-bond acceptors (Lipinski definition) is 3. The number of likely N-dealkylation sites (tertiary alicyclic amines) is 1. The summed E-state index contributed by atoms with van der Waals surface area (Å²) in [5.41, 5.74) is 0.146. The van der Waals surface area contributed by atoms with E-state index in [4.69, 9.17) is 5.11 Å². The Balaban J connectivity index is 2.55. The van der Waals surface area contributed by atoms with Crippen LogP contribution in [0, 0.1) is 5.92 Å². The lowest BCUT2D eigenvalue weighted by atomic mass is 9.92. The van der Waals surface area contributed by atoms with E-state index in [-0.39, 0.29) is 24.2 Å². The molecule has 1 fully saturated rings. The first kappa shape index (κ1) is 11.0. The standard InChI is InChI=1S/C10H21NO2/c1-10(2,3)11-5-4-9(13)8(6-11)7-12/h8-9,12-13H,4-7H2,1-3H3. The summed E-state index contributed by atoms with van der Waals surface area (Å²) in [4.78, 5) is 2.32. The monoisotopic (exact) mass is 187 g/mol. The van der Waals surface area contributed by atoms with Crippen molar-refractivity contribution in [3.8, 4) is 0 Å². The normalized spacial score (nSPS) is 32.1. The zero-order chi connectivity index (χ0) is 10.1. The molecular formula is C10H21NO2. The minimum atomic E-state index is -0.316. The molecule has 0 aromatic carbocycles. The molecule has 1 rings (SSSR count). The Morgan fingerprint density at radius 3 is 2.46 bits per heavy atom. The van der Waals surface area contributed by atoms with Gasteiger partial charge in [-0.15, -0.1) is 0 Å². The van der Waals surface area contributed by atoms with Gasteiger partial charge >= 0.3 is 0 Å².